The van der Waals surface area contributed by atoms with Crippen LogP contribution in [0.15, 0.2) is 85.1 Å². The van der Waals surface area contributed by atoms with Gasteiger partial charge in [-0.15, -0.1) is 0 Å². The second kappa shape index (κ2) is 47.9. The van der Waals surface area contributed by atoms with Crippen LogP contribution in [0.4, 0.5) is 0 Å². The van der Waals surface area contributed by atoms with E-state index in [-0.39, 0.29) is 38.6 Å². The highest BCUT2D eigenvalue weighted by molar-refractivity contribution is 5.70. The number of likely N-dealkylation sites (N-methyl/N-ethyl adjacent to an activating group) is 1. The maximum atomic E-state index is 12.8. The molecular weight excluding hydrogens is 827 g/mol. The zero-order chi connectivity index (χ0) is 48.4. The molecule has 378 valence electrons. The number of rotatable bonds is 47. The average Bonchev–Trinajstić information content (AvgIpc) is 3.28. The Labute approximate surface area is 404 Å². The molecule has 2 atom stereocenters. The highest BCUT2D eigenvalue weighted by Gasteiger charge is 2.22. The number of esters is 2. The number of quaternary nitrogens is 1. The second-order valence-electron chi connectivity index (χ2n) is 18.4. The van der Waals surface area contributed by atoms with E-state index >= 15 is 0 Å². The van der Waals surface area contributed by atoms with Crippen LogP contribution < -0.4 is 5.11 Å². The summed E-state index contributed by atoms with van der Waals surface area (Å²) in [6, 6.07) is 0. The van der Waals surface area contributed by atoms with Gasteiger partial charge in [-0.05, 0) is 89.9 Å². The highest BCUT2D eigenvalue weighted by Crippen LogP contribution is 2.14. The molecule has 2 unspecified atom stereocenters. The first kappa shape index (κ1) is 62.5. The lowest BCUT2D eigenvalue weighted by molar-refractivity contribution is -0.870. The van der Waals surface area contributed by atoms with Gasteiger partial charge in [-0.1, -0.05) is 182 Å². The van der Waals surface area contributed by atoms with Crippen molar-refractivity contribution in [2.24, 2.45) is 0 Å². The second-order valence-corrected chi connectivity index (χ2v) is 18.4. The van der Waals surface area contributed by atoms with Gasteiger partial charge in [-0.25, -0.2) is 0 Å². The third-order valence-corrected chi connectivity index (χ3v) is 10.9. The fourth-order valence-electron chi connectivity index (χ4n) is 6.83. The van der Waals surface area contributed by atoms with Crippen LogP contribution in [-0.2, 0) is 33.3 Å². The summed E-state index contributed by atoms with van der Waals surface area (Å²) >= 11 is 0. The summed E-state index contributed by atoms with van der Waals surface area (Å²) in [7, 11) is 5.90. The summed E-state index contributed by atoms with van der Waals surface area (Å²) in [5, 5.41) is 11.7. The molecule has 9 nitrogen and oxygen atoms in total. The van der Waals surface area contributed by atoms with Crippen molar-refractivity contribution >= 4 is 17.9 Å². The number of aliphatic carboxylic acids is 1. The van der Waals surface area contributed by atoms with Crippen molar-refractivity contribution in [3.05, 3.63) is 85.1 Å². The van der Waals surface area contributed by atoms with E-state index in [0.29, 0.717) is 17.4 Å². The molecule has 0 aromatic carbocycles. The molecule has 0 aliphatic carbocycles. The van der Waals surface area contributed by atoms with E-state index in [0.717, 1.165) is 96.3 Å². The number of ether oxygens (including phenoxy) is 4. The first-order chi connectivity index (χ1) is 32.1. The van der Waals surface area contributed by atoms with Gasteiger partial charge in [0.05, 0.1) is 40.3 Å². The minimum Gasteiger partial charge on any atom is -0.545 e. The van der Waals surface area contributed by atoms with Crippen molar-refractivity contribution in [3.63, 3.8) is 0 Å². The lowest BCUT2D eigenvalue weighted by Gasteiger charge is -2.26. The summed E-state index contributed by atoms with van der Waals surface area (Å²) in [5.74, 6) is -2.32. The van der Waals surface area contributed by atoms with Gasteiger partial charge in [0.25, 0.3) is 0 Å². The normalized spacial score (nSPS) is 13.5. The minimum absolute atomic E-state index is 0.140. The molecule has 0 aromatic rings. The standard InChI is InChI=1S/C57H97NO8/c1-6-8-10-12-14-16-18-20-22-24-26-27-28-29-30-32-34-36-38-40-42-44-46-48-55(60)66-53(52-65-57(56(61)62)63-50-49-58(3,4)5)51-64-54(59)47-45-43-41-39-37-35-33-31-25-23-21-19-17-15-13-11-9-7-2/h8,10,14,16-17,19-20,22-23,25-27,29-30,53,57H,6-7,9,11-13,15,18,21,24,28,31-52H2,1-5H3/b10-8-,16-14-,19-17-,22-20-,25-23-,27-26-,30-29-. The molecule has 0 aliphatic heterocycles. The summed E-state index contributed by atoms with van der Waals surface area (Å²) in [6.07, 6.45) is 58.9. The SMILES string of the molecule is CC/C=C\C/C=C\C/C=C\C/C=C\C/C=C\CCCCCCCCCC(=O)OC(COC(=O)CCCCCCCCC/C=C\C/C=C\CCCCCC)COC(OCC[N+](C)(C)C)C(=O)[O-]. The van der Waals surface area contributed by atoms with E-state index in [1.54, 1.807) is 0 Å². The van der Waals surface area contributed by atoms with Crippen LogP contribution in [0, 0.1) is 0 Å². The molecule has 9 heteroatoms. The van der Waals surface area contributed by atoms with Crippen molar-refractivity contribution in [2.45, 2.75) is 212 Å². The molecule has 0 fully saturated rings. The van der Waals surface area contributed by atoms with E-state index in [9.17, 15) is 19.5 Å². The van der Waals surface area contributed by atoms with E-state index < -0.39 is 24.3 Å². The summed E-state index contributed by atoms with van der Waals surface area (Å²) in [4.78, 5) is 37.2. The molecule has 0 rings (SSSR count). The van der Waals surface area contributed by atoms with Crippen LogP contribution in [0.1, 0.15) is 200 Å². The molecule has 0 saturated carbocycles. The summed E-state index contributed by atoms with van der Waals surface area (Å²) in [5.41, 5.74) is 0. The Kier molecular flexibility index (Phi) is 45.4. The first-order valence-electron chi connectivity index (χ1n) is 26.2. The van der Waals surface area contributed by atoms with Gasteiger partial charge in [0.2, 0.25) is 0 Å². The van der Waals surface area contributed by atoms with Crippen molar-refractivity contribution in [1.29, 1.82) is 0 Å². The van der Waals surface area contributed by atoms with Crippen molar-refractivity contribution in [2.75, 3.05) is 47.5 Å². The van der Waals surface area contributed by atoms with E-state index in [1.807, 2.05) is 21.1 Å². The number of hydrogen-bond acceptors (Lipinski definition) is 8. The number of hydrogen-bond donors (Lipinski definition) is 0. The Balaban J connectivity index is 4.38. The maximum absolute atomic E-state index is 12.8. The molecule has 0 amide bonds. The predicted molar refractivity (Wildman–Crippen MR) is 274 cm³/mol. The summed E-state index contributed by atoms with van der Waals surface area (Å²) in [6.45, 7) is 4.58. The van der Waals surface area contributed by atoms with E-state index in [2.05, 4.69) is 98.9 Å². The fourth-order valence-corrected chi connectivity index (χ4v) is 6.83. The number of unbranched alkanes of at least 4 members (excludes halogenated alkanes) is 18. The molecule has 0 aliphatic rings. The molecule has 0 aromatic heterocycles. The molecule has 0 spiro atoms. The Hall–Kier alpha value is -3.53. The predicted octanol–water partition coefficient (Wildman–Crippen LogP) is 13.5. The van der Waals surface area contributed by atoms with Crippen molar-refractivity contribution in [3.8, 4) is 0 Å². The van der Waals surface area contributed by atoms with Gasteiger partial charge >= 0.3 is 11.9 Å². The van der Waals surface area contributed by atoms with E-state index in [4.69, 9.17) is 18.9 Å². The first-order valence-corrected chi connectivity index (χ1v) is 26.2. The maximum Gasteiger partial charge on any atom is 0.306 e. The quantitative estimate of drug-likeness (QED) is 0.0195. The third kappa shape index (κ3) is 48.4. The van der Waals surface area contributed by atoms with Gasteiger partial charge in [0.1, 0.15) is 13.2 Å². The topological polar surface area (TPSA) is 111 Å². The Morgan fingerprint density at radius 3 is 1.29 bits per heavy atom. The average molecular weight is 924 g/mol. The number of nitrogens with zero attached hydrogens (tertiary/aromatic N) is 1. The van der Waals surface area contributed by atoms with Crippen LogP contribution in [0.5, 0.6) is 0 Å². The Morgan fingerprint density at radius 2 is 0.864 bits per heavy atom. The van der Waals surface area contributed by atoms with Crippen LogP contribution in [0.25, 0.3) is 0 Å². The lowest BCUT2D eigenvalue weighted by atomic mass is 10.1. The van der Waals surface area contributed by atoms with Crippen LogP contribution in [-0.4, -0.2) is 82.3 Å². The fraction of sp³-hybridized carbons (Fsp3) is 0.702. The molecule has 0 heterocycles. The Bertz CT molecular complexity index is 1350. The molecule has 0 radical (unpaired) electrons. The number of carbonyl (C=O) groups is 3. The highest BCUT2D eigenvalue weighted by atomic mass is 16.7. The molecule has 0 N–H and O–H groups in total. The van der Waals surface area contributed by atoms with Crippen LogP contribution >= 0.6 is 0 Å². The zero-order valence-corrected chi connectivity index (χ0v) is 42.8. The van der Waals surface area contributed by atoms with Gasteiger partial charge in [0.15, 0.2) is 12.4 Å². The zero-order valence-electron chi connectivity index (χ0n) is 42.8. The summed E-state index contributed by atoms with van der Waals surface area (Å²) < 4.78 is 22.6. The van der Waals surface area contributed by atoms with Gasteiger partial charge in [-0.3, -0.25) is 9.59 Å². The number of carboxylic acid groups (broad SMARTS) is 1. The number of carbonyl (C=O) groups excluding carboxylic acids is 3. The minimum atomic E-state index is -1.63. The number of carboxylic acids is 1. The van der Waals surface area contributed by atoms with Crippen molar-refractivity contribution < 1.29 is 42.9 Å². The molecule has 0 bridgehead atoms. The smallest absolute Gasteiger partial charge is 0.306 e. The largest absolute Gasteiger partial charge is 0.545 e. The van der Waals surface area contributed by atoms with E-state index in [1.165, 1.54) is 70.6 Å². The van der Waals surface area contributed by atoms with Gasteiger partial charge < -0.3 is 33.3 Å². The lowest BCUT2D eigenvalue weighted by Crippen LogP contribution is -2.44. The molecular formula is C57H97NO8. The van der Waals surface area contributed by atoms with Crippen molar-refractivity contribution in [1.82, 2.24) is 0 Å². The molecule has 0 saturated heterocycles. The van der Waals surface area contributed by atoms with Crippen LogP contribution in [0.3, 0.4) is 0 Å². The van der Waals surface area contributed by atoms with Gasteiger partial charge in [-0.2, -0.15) is 0 Å². The molecule has 66 heavy (non-hydrogen) atoms. The third-order valence-electron chi connectivity index (χ3n) is 10.9. The number of allylic oxidation sites excluding steroid dienone is 14. The monoisotopic (exact) mass is 924 g/mol. The van der Waals surface area contributed by atoms with Crippen LogP contribution in [0.2, 0.25) is 0 Å². The van der Waals surface area contributed by atoms with Gasteiger partial charge in [0, 0.05) is 12.8 Å². The Morgan fingerprint density at radius 1 is 0.470 bits per heavy atom.